The van der Waals surface area contributed by atoms with Crippen molar-refractivity contribution in [2.24, 2.45) is 0 Å². The Labute approximate surface area is 106 Å². The van der Waals surface area contributed by atoms with Gasteiger partial charge in [0.1, 0.15) is 0 Å². The molecule has 0 aliphatic carbocycles. The second-order valence-electron chi connectivity index (χ2n) is 3.72. The van der Waals surface area contributed by atoms with E-state index in [0.717, 1.165) is 10.7 Å². The Morgan fingerprint density at radius 2 is 2.44 bits per heavy atom. The third kappa shape index (κ3) is 1.58. The maximum atomic E-state index is 11.7. The van der Waals surface area contributed by atoms with Gasteiger partial charge in [0.15, 0.2) is 17.0 Å². The molecular formula is C12H10N4OS. The Balaban J connectivity index is 2.37. The van der Waals surface area contributed by atoms with E-state index >= 15 is 0 Å². The highest BCUT2D eigenvalue weighted by Crippen LogP contribution is 2.26. The molecule has 0 radical (unpaired) electrons. The molecule has 0 spiro atoms. The minimum Gasteiger partial charge on any atom is -0.311 e. The van der Waals surface area contributed by atoms with Crippen LogP contribution in [-0.2, 0) is 6.54 Å². The zero-order chi connectivity index (χ0) is 12.5. The summed E-state index contributed by atoms with van der Waals surface area (Å²) < 4.78 is 1.89. The molecule has 1 N–H and O–H groups in total. The molecular weight excluding hydrogens is 248 g/mol. The molecule has 3 aromatic heterocycles. The molecule has 0 bridgehead atoms. The zero-order valence-electron chi connectivity index (χ0n) is 9.46. The van der Waals surface area contributed by atoms with Crippen LogP contribution in [-0.4, -0.2) is 19.5 Å². The molecule has 0 atom stereocenters. The number of nitrogens with zero attached hydrogens (tertiary/aromatic N) is 3. The number of thiophene rings is 1. The normalized spacial score (nSPS) is 10.9. The molecule has 0 aromatic carbocycles. The van der Waals surface area contributed by atoms with Gasteiger partial charge >= 0.3 is 0 Å². The van der Waals surface area contributed by atoms with E-state index in [0.29, 0.717) is 17.7 Å². The molecule has 3 rings (SSSR count). The number of H-pyrrole nitrogens is 1. The van der Waals surface area contributed by atoms with Crippen LogP contribution in [0.25, 0.3) is 21.9 Å². The van der Waals surface area contributed by atoms with E-state index in [1.54, 1.807) is 17.4 Å². The van der Waals surface area contributed by atoms with Gasteiger partial charge in [0.2, 0.25) is 0 Å². The number of imidazole rings is 1. The SMILES string of the molecule is C=CCn1c(-c2cccs2)nc2c(=O)[nH]cnc21. The van der Waals surface area contributed by atoms with Crippen LogP contribution in [0, 0.1) is 0 Å². The fourth-order valence-electron chi connectivity index (χ4n) is 1.84. The van der Waals surface area contributed by atoms with Gasteiger partial charge in [-0.25, -0.2) is 9.97 Å². The number of rotatable bonds is 3. The van der Waals surface area contributed by atoms with Crippen LogP contribution in [0.5, 0.6) is 0 Å². The van der Waals surface area contributed by atoms with Gasteiger partial charge in [0, 0.05) is 6.54 Å². The predicted octanol–water partition coefficient (Wildman–Crippen LogP) is 2.03. The lowest BCUT2D eigenvalue weighted by Crippen LogP contribution is -2.07. The fourth-order valence-corrected chi connectivity index (χ4v) is 2.57. The minimum absolute atomic E-state index is 0.222. The summed E-state index contributed by atoms with van der Waals surface area (Å²) in [7, 11) is 0. The van der Waals surface area contributed by atoms with Gasteiger partial charge < -0.3 is 9.55 Å². The average Bonchev–Trinajstić information content (AvgIpc) is 2.98. The van der Waals surface area contributed by atoms with Crippen molar-refractivity contribution >= 4 is 22.5 Å². The Kier molecular flexibility index (Phi) is 2.56. The van der Waals surface area contributed by atoms with Crippen molar-refractivity contribution in [3.8, 4) is 10.7 Å². The molecule has 0 aliphatic rings. The number of hydrogen-bond donors (Lipinski definition) is 1. The first kappa shape index (κ1) is 10.9. The molecule has 18 heavy (non-hydrogen) atoms. The van der Waals surface area contributed by atoms with Gasteiger partial charge in [0.05, 0.1) is 11.2 Å². The fraction of sp³-hybridized carbons (Fsp3) is 0.0833. The summed E-state index contributed by atoms with van der Waals surface area (Å²) in [4.78, 5) is 23.9. The zero-order valence-corrected chi connectivity index (χ0v) is 10.3. The average molecular weight is 258 g/mol. The van der Waals surface area contributed by atoms with Crippen molar-refractivity contribution in [1.29, 1.82) is 0 Å². The van der Waals surface area contributed by atoms with E-state index < -0.39 is 0 Å². The Morgan fingerprint density at radius 3 is 3.17 bits per heavy atom. The number of aromatic amines is 1. The molecule has 3 aromatic rings. The van der Waals surface area contributed by atoms with Crippen molar-refractivity contribution in [2.45, 2.75) is 6.54 Å². The molecule has 90 valence electrons. The number of hydrogen-bond acceptors (Lipinski definition) is 4. The molecule has 0 unspecified atom stereocenters. The van der Waals surface area contributed by atoms with Gasteiger partial charge in [-0.2, -0.15) is 0 Å². The van der Waals surface area contributed by atoms with Crippen LogP contribution in [0.4, 0.5) is 0 Å². The molecule has 0 amide bonds. The largest absolute Gasteiger partial charge is 0.311 e. The van der Waals surface area contributed by atoms with Gasteiger partial charge in [-0.15, -0.1) is 17.9 Å². The maximum absolute atomic E-state index is 11.7. The van der Waals surface area contributed by atoms with Crippen LogP contribution >= 0.6 is 11.3 Å². The first-order chi connectivity index (χ1) is 8.81. The second kappa shape index (κ2) is 4.23. The summed E-state index contributed by atoms with van der Waals surface area (Å²) in [5, 5.41) is 1.98. The minimum atomic E-state index is -0.222. The van der Waals surface area contributed by atoms with E-state index in [1.165, 1.54) is 6.33 Å². The lowest BCUT2D eigenvalue weighted by molar-refractivity contribution is 0.850. The molecule has 0 saturated heterocycles. The number of fused-ring (bicyclic) bond motifs is 1. The van der Waals surface area contributed by atoms with Crippen LogP contribution in [0.2, 0.25) is 0 Å². The Morgan fingerprint density at radius 1 is 1.56 bits per heavy atom. The van der Waals surface area contributed by atoms with E-state index in [4.69, 9.17) is 0 Å². The summed E-state index contributed by atoms with van der Waals surface area (Å²) in [5.74, 6) is 0.754. The van der Waals surface area contributed by atoms with Crippen LogP contribution in [0.15, 0.2) is 41.3 Å². The van der Waals surface area contributed by atoms with E-state index in [9.17, 15) is 4.79 Å². The van der Waals surface area contributed by atoms with Crippen molar-refractivity contribution in [3.05, 3.63) is 46.8 Å². The highest BCUT2D eigenvalue weighted by molar-refractivity contribution is 7.13. The highest BCUT2D eigenvalue weighted by Gasteiger charge is 2.15. The molecule has 5 nitrogen and oxygen atoms in total. The van der Waals surface area contributed by atoms with Crippen LogP contribution in [0.1, 0.15) is 0 Å². The third-order valence-electron chi connectivity index (χ3n) is 2.59. The highest BCUT2D eigenvalue weighted by atomic mass is 32.1. The topological polar surface area (TPSA) is 63.6 Å². The van der Waals surface area contributed by atoms with E-state index in [2.05, 4.69) is 21.5 Å². The first-order valence-corrected chi connectivity index (χ1v) is 6.28. The monoisotopic (exact) mass is 258 g/mol. The smallest absolute Gasteiger partial charge is 0.278 e. The van der Waals surface area contributed by atoms with E-state index in [-0.39, 0.29) is 5.56 Å². The standard InChI is InChI=1S/C12H10N4OS/c1-2-5-16-10(8-4-3-6-18-8)15-9-11(16)13-7-14-12(9)17/h2-4,6-7H,1,5H2,(H,13,14,17). The first-order valence-electron chi connectivity index (χ1n) is 5.40. The van der Waals surface area contributed by atoms with Gasteiger partial charge in [-0.1, -0.05) is 12.1 Å². The molecule has 0 saturated carbocycles. The molecule has 0 fully saturated rings. The van der Waals surface area contributed by atoms with Crippen molar-refractivity contribution < 1.29 is 0 Å². The number of aromatic nitrogens is 4. The summed E-state index contributed by atoms with van der Waals surface area (Å²) in [6, 6.07) is 3.93. The van der Waals surface area contributed by atoms with E-state index in [1.807, 2.05) is 22.1 Å². The Bertz CT molecular complexity index is 754. The molecule has 3 heterocycles. The summed E-state index contributed by atoms with van der Waals surface area (Å²) in [5.41, 5.74) is 0.727. The second-order valence-corrected chi connectivity index (χ2v) is 4.66. The molecule has 6 heteroatoms. The van der Waals surface area contributed by atoms with Gasteiger partial charge in [-0.3, -0.25) is 4.79 Å². The van der Waals surface area contributed by atoms with Crippen molar-refractivity contribution in [2.75, 3.05) is 0 Å². The van der Waals surface area contributed by atoms with Crippen LogP contribution in [0.3, 0.4) is 0 Å². The lowest BCUT2D eigenvalue weighted by atomic mass is 10.4. The van der Waals surface area contributed by atoms with Crippen molar-refractivity contribution in [3.63, 3.8) is 0 Å². The summed E-state index contributed by atoms with van der Waals surface area (Å²) >= 11 is 1.58. The van der Waals surface area contributed by atoms with Gasteiger partial charge in [0.25, 0.3) is 5.56 Å². The lowest BCUT2D eigenvalue weighted by Gasteiger charge is -2.02. The van der Waals surface area contributed by atoms with Crippen molar-refractivity contribution in [1.82, 2.24) is 19.5 Å². The summed E-state index contributed by atoms with van der Waals surface area (Å²) in [6.45, 7) is 4.30. The number of allylic oxidation sites excluding steroid dienone is 1. The third-order valence-corrected chi connectivity index (χ3v) is 3.46. The van der Waals surface area contributed by atoms with Gasteiger partial charge in [-0.05, 0) is 11.4 Å². The summed E-state index contributed by atoms with van der Waals surface area (Å²) in [6.07, 6.45) is 3.16. The predicted molar refractivity (Wildman–Crippen MR) is 71.7 cm³/mol. The number of nitrogens with one attached hydrogen (secondary N) is 1. The quantitative estimate of drug-likeness (QED) is 0.731. The Hall–Kier alpha value is -2.21. The maximum Gasteiger partial charge on any atom is 0.278 e. The molecule has 0 aliphatic heterocycles. The van der Waals surface area contributed by atoms with Crippen LogP contribution < -0.4 is 5.56 Å².